The molecule has 7 N–H and O–H groups in total. The van der Waals surface area contributed by atoms with Crippen molar-refractivity contribution < 1.29 is 9.90 Å². The molecule has 9 heteroatoms. The molecule has 9 nitrogen and oxygen atoms in total. The number of hydrogen-bond donors (Lipinski definition) is 4. The van der Waals surface area contributed by atoms with Crippen LogP contribution in [0.1, 0.15) is 37.7 Å². The van der Waals surface area contributed by atoms with Crippen molar-refractivity contribution in [3.05, 3.63) is 54.1 Å². The van der Waals surface area contributed by atoms with E-state index in [9.17, 15) is 9.90 Å². The van der Waals surface area contributed by atoms with Crippen molar-refractivity contribution in [3.63, 3.8) is 0 Å². The maximum atomic E-state index is 12.9. The number of nitrogens with zero attached hydrogens (tertiary/aromatic N) is 4. The molecule has 1 aromatic heterocycles. The van der Waals surface area contributed by atoms with E-state index < -0.39 is 0 Å². The van der Waals surface area contributed by atoms with E-state index in [0.29, 0.717) is 41.8 Å². The standard InChI is InChI=1S/C23H31N7O2/c24-19(18-8-4-5-9-21(18)31)12-20(23(25)26)30-14-17(13-27-30)29-11-10-28(15-22(29)32)16-6-2-1-3-7-16/h4-5,8-9,12-14,16,31H,1-3,6-7,10-11,15,24-26H2/b19-12-. The summed E-state index contributed by atoms with van der Waals surface area (Å²) in [6, 6.07) is 7.26. The van der Waals surface area contributed by atoms with E-state index in [0.717, 1.165) is 6.54 Å². The SMILES string of the molecule is NC(N)=C(/C=C(\N)c1ccccc1O)n1cc(N2CCN(C3CCCCC3)CC2=O)cn1. The lowest BCUT2D eigenvalue weighted by molar-refractivity contribution is -0.122. The number of hydrogen-bond acceptors (Lipinski definition) is 7. The summed E-state index contributed by atoms with van der Waals surface area (Å²) in [4.78, 5) is 17.0. The zero-order chi connectivity index (χ0) is 22.7. The molecule has 1 aliphatic heterocycles. The summed E-state index contributed by atoms with van der Waals surface area (Å²) < 4.78 is 1.50. The van der Waals surface area contributed by atoms with Crippen molar-refractivity contribution in [1.82, 2.24) is 14.7 Å². The van der Waals surface area contributed by atoms with Gasteiger partial charge in [0.1, 0.15) is 17.3 Å². The number of amides is 1. The summed E-state index contributed by atoms with van der Waals surface area (Å²) in [5.74, 6) is 0.141. The largest absolute Gasteiger partial charge is 0.507 e. The number of para-hydroxylation sites is 1. The average Bonchev–Trinajstić information content (AvgIpc) is 3.27. The number of rotatable bonds is 5. The molecule has 1 saturated heterocycles. The lowest BCUT2D eigenvalue weighted by Gasteiger charge is -2.39. The predicted molar refractivity (Wildman–Crippen MR) is 125 cm³/mol. The van der Waals surface area contributed by atoms with Gasteiger partial charge in [-0.3, -0.25) is 9.69 Å². The Morgan fingerprint density at radius 2 is 1.84 bits per heavy atom. The molecule has 2 aromatic rings. The first-order chi connectivity index (χ1) is 15.4. The zero-order valence-electron chi connectivity index (χ0n) is 18.2. The van der Waals surface area contributed by atoms with E-state index in [-0.39, 0.29) is 17.5 Å². The van der Waals surface area contributed by atoms with Gasteiger partial charge in [-0.2, -0.15) is 5.10 Å². The molecule has 4 rings (SSSR count). The van der Waals surface area contributed by atoms with Crippen molar-refractivity contribution in [2.45, 2.75) is 38.1 Å². The van der Waals surface area contributed by atoms with Crippen molar-refractivity contribution in [2.75, 3.05) is 24.5 Å². The van der Waals surface area contributed by atoms with Gasteiger partial charge in [-0.05, 0) is 31.1 Å². The molecule has 1 aliphatic carbocycles. The highest BCUT2D eigenvalue weighted by molar-refractivity contribution is 5.95. The molecule has 0 radical (unpaired) electrons. The molecule has 1 aromatic carbocycles. The summed E-state index contributed by atoms with van der Waals surface area (Å²) in [6.45, 7) is 1.90. The molecule has 1 amide bonds. The van der Waals surface area contributed by atoms with E-state index in [1.54, 1.807) is 47.6 Å². The van der Waals surface area contributed by atoms with Gasteiger partial charge in [-0.1, -0.05) is 31.4 Å². The lowest BCUT2D eigenvalue weighted by Crippen LogP contribution is -2.54. The van der Waals surface area contributed by atoms with Gasteiger partial charge in [-0.25, -0.2) is 4.68 Å². The average molecular weight is 438 g/mol. The minimum absolute atomic E-state index is 0.0199. The molecular weight excluding hydrogens is 406 g/mol. The molecule has 0 atom stereocenters. The summed E-state index contributed by atoms with van der Waals surface area (Å²) in [5.41, 5.74) is 19.8. The fraction of sp³-hybridized carbons (Fsp3) is 0.391. The molecule has 0 spiro atoms. The predicted octanol–water partition coefficient (Wildman–Crippen LogP) is 1.61. The van der Waals surface area contributed by atoms with Crippen LogP contribution in [-0.2, 0) is 4.79 Å². The van der Waals surface area contributed by atoms with Crippen molar-refractivity contribution in [3.8, 4) is 5.75 Å². The number of nitrogens with two attached hydrogens (primary N) is 3. The number of allylic oxidation sites excluding steroid dienone is 2. The summed E-state index contributed by atoms with van der Waals surface area (Å²) >= 11 is 0. The number of piperazine rings is 1. The second kappa shape index (κ2) is 9.35. The molecule has 2 fully saturated rings. The fourth-order valence-electron chi connectivity index (χ4n) is 4.53. The van der Waals surface area contributed by atoms with E-state index >= 15 is 0 Å². The van der Waals surface area contributed by atoms with Gasteiger partial charge < -0.3 is 27.2 Å². The van der Waals surface area contributed by atoms with Crippen molar-refractivity contribution in [1.29, 1.82) is 0 Å². The minimum atomic E-state index is 0.0199. The second-order valence-corrected chi connectivity index (χ2v) is 8.41. The molecule has 2 heterocycles. The Labute approximate surface area is 187 Å². The first-order valence-corrected chi connectivity index (χ1v) is 11.0. The lowest BCUT2D eigenvalue weighted by atomic mass is 9.94. The van der Waals surface area contributed by atoms with Crippen LogP contribution in [0.3, 0.4) is 0 Å². The van der Waals surface area contributed by atoms with Crippen LogP contribution in [0.25, 0.3) is 11.4 Å². The van der Waals surface area contributed by atoms with Gasteiger partial charge in [0.2, 0.25) is 5.91 Å². The number of benzene rings is 1. The maximum absolute atomic E-state index is 12.9. The van der Waals surface area contributed by atoms with Crippen LogP contribution in [0.4, 0.5) is 5.69 Å². The Morgan fingerprint density at radius 1 is 1.09 bits per heavy atom. The number of aromatic hydroxyl groups is 1. The van der Waals surface area contributed by atoms with Gasteiger partial charge >= 0.3 is 0 Å². The smallest absolute Gasteiger partial charge is 0.241 e. The van der Waals surface area contributed by atoms with Crippen molar-refractivity contribution in [2.24, 2.45) is 17.2 Å². The highest BCUT2D eigenvalue weighted by atomic mass is 16.3. The highest BCUT2D eigenvalue weighted by Gasteiger charge is 2.30. The number of carbonyl (C=O) groups excluding carboxylic acids is 1. The first-order valence-electron chi connectivity index (χ1n) is 11.0. The number of phenols is 1. The van der Waals surface area contributed by atoms with E-state index in [1.165, 1.54) is 36.8 Å². The first kappa shape index (κ1) is 21.8. The van der Waals surface area contributed by atoms with Crippen LogP contribution in [0.2, 0.25) is 0 Å². The number of anilines is 1. The third-order valence-corrected chi connectivity index (χ3v) is 6.27. The Morgan fingerprint density at radius 3 is 2.53 bits per heavy atom. The van der Waals surface area contributed by atoms with Crippen LogP contribution in [-0.4, -0.2) is 51.4 Å². The van der Waals surface area contributed by atoms with Crippen LogP contribution < -0.4 is 22.1 Å². The normalized spacial score (nSPS) is 18.7. The molecule has 0 bridgehead atoms. The second-order valence-electron chi connectivity index (χ2n) is 8.41. The fourth-order valence-corrected chi connectivity index (χ4v) is 4.53. The number of carbonyl (C=O) groups is 1. The molecule has 170 valence electrons. The van der Waals surface area contributed by atoms with Gasteiger partial charge in [0.25, 0.3) is 0 Å². The zero-order valence-corrected chi connectivity index (χ0v) is 18.2. The Bertz CT molecular complexity index is 1030. The van der Waals surface area contributed by atoms with E-state index in [2.05, 4.69) is 10.00 Å². The van der Waals surface area contributed by atoms with Gasteiger partial charge in [0.05, 0.1) is 24.6 Å². The monoisotopic (exact) mass is 437 g/mol. The third-order valence-electron chi connectivity index (χ3n) is 6.27. The summed E-state index contributed by atoms with van der Waals surface area (Å²) in [6.07, 6.45) is 11.1. The third kappa shape index (κ3) is 4.57. The van der Waals surface area contributed by atoms with Crippen LogP contribution in [0.15, 0.2) is 48.6 Å². The summed E-state index contributed by atoms with van der Waals surface area (Å²) in [7, 11) is 0. The highest BCUT2D eigenvalue weighted by Crippen LogP contribution is 2.27. The van der Waals surface area contributed by atoms with Gasteiger partial charge in [0.15, 0.2) is 0 Å². The Hall–Kier alpha value is -3.46. The van der Waals surface area contributed by atoms with Crippen LogP contribution >= 0.6 is 0 Å². The summed E-state index contributed by atoms with van der Waals surface area (Å²) in [5, 5.41) is 14.4. The van der Waals surface area contributed by atoms with Crippen LogP contribution in [0, 0.1) is 0 Å². The Kier molecular flexibility index (Phi) is 6.36. The van der Waals surface area contributed by atoms with E-state index in [4.69, 9.17) is 17.2 Å². The molecule has 1 saturated carbocycles. The Balaban J connectivity index is 1.51. The number of aromatic nitrogens is 2. The topological polar surface area (TPSA) is 140 Å². The molecule has 32 heavy (non-hydrogen) atoms. The number of phenolic OH excluding ortho intramolecular Hbond substituents is 1. The van der Waals surface area contributed by atoms with Gasteiger partial charge in [-0.15, -0.1) is 0 Å². The maximum Gasteiger partial charge on any atom is 0.241 e. The van der Waals surface area contributed by atoms with E-state index in [1.807, 2.05) is 0 Å². The molecule has 2 aliphatic rings. The van der Waals surface area contributed by atoms with Crippen LogP contribution in [0.5, 0.6) is 5.75 Å². The quantitative estimate of drug-likeness (QED) is 0.521. The molecule has 0 unspecified atom stereocenters. The van der Waals surface area contributed by atoms with Crippen molar-refractivity contribution >= 4 is 23.0 Å². The van der Waals surface area contributed by atoms with Gasteiger partial charge in [0, 0.05) is 30.4 Å². The minimum Gasteiger partial charge on any atom is -0.507 e. The molecular formula is C23H31N7O2.